The largest absolute Gasteiger partial charge is 0.349 e. The highest BCUT2D eigenvalue weighted by Gasteiger charge is 2.21. The van der Waals surface area contributed by atoms with Crippen molar-refractivity contribution < 1.29 is 4.79 Å². The number of hydrogen-bond acceptors (Lipinski definition) is 1. The summed E-state index contributed by atoms with van der Waals surface area (Å²) < 4.78 is 0. The van der Waals surface area contributed by atoms with E-state index in [0.29, 0.717) is 5.56 Å². The number of amides is 1. The van der Waals surface area contributed by atoms with Crippen LogP contribution in [0.15, 0.2) is 30.3 Å². The van der Waals surface area contributed by atoms with Crippen molar-refractivity contribution >= 4 is 5.91 Å². The van der Waals surface area contributed by atoms with Crippen LogP contribution in [-0.2, 0) is 0 Å². The fourth-order valence-electron chi connectivity index (χ4n) is 1.09. The summed E-state index contributed by atoms with van der Waals surface area (Å²) in [6, 6.07) is 9.46. The van der Waals surface area contributed by atoms with Gasteiger partial charge in [-0.2, -0.15) is 0 Å². The van der Waals surface area contributed by atoms with Crippen LogP contribution in [0.5, 0.6) is 0 Å². The Bertz CT molecular complexity index is 325. The molecular formula is C17H31NO. The van der Waals surface area contributed by atoms with Crippen molar-refractivity contribution in [3.63, 3.8) is 0 Å². The van der Waals surface area contributed by atoms with Crippen LogP contribution in [0.3, 0.4) is 0 Å². The fourth-order valence-corrected chi connectivity index (χ4v) is 1.09. The lowest BCUT2D eigenvalue weighted by Crippen LogP contribution is -2.41. The van der Waals surface area contributed by atoms with Gasteiger partial charge in [0.2, 0.25) is 0 Å². The molecule has 0 spiro atoms. The van der Waals surface area contributed by atoms with Gasteiger partial charge in [0.15, 0.2) is 0 Å². The first kappa shape index (κ1) is 20.0. The lowest BCUT2D eigenvalue weighted by Gasteiger charge is -2.28. The number of rotatable bonds is 2. The molecule has 1 aromatic carbocycles. The second-order valence-corrected chi connectivity index (χ2v) is 4.93. The van der Waals surface area contributed by atoms with Gasteiger partial charge in [0.1, 0.15) is 0 Å². The third kappa shape index (κ3) is 8.41. The summed E-state index contributed by atoms with van der Waals surface area (Å²) in [6.07, 6.45) is 0. The smallest absolute Gasteiger partial charge is 0.251 e. The Labute approximate surface area is 119 Å². The minimum atomic E-state index is -0.00183. The molecule has 0 aromatic heterocycles. The third-order valence-electron chi connectivity index (χ3n) is 2.68. The van der Waals surface area contributed by atoms with Crippen molar-refractivity contribution in [2.45, 2.75) is 61.4 Å². The van der Waals surface area contributed by atoms with E-state index in [0.717, 1.165) is 0 Å². The van der Waals surface area contributed by atoms with E-state index in [4.69, 9.17) is 0 Å². The molecule has 2 heteroatoms. The minimum Gasteiger partial charge on any atom is -0.349 e. The van der Waals surface area contributed by atoms with Gasteiger partial charge < -0.3 is 5.32 Å². The monoisotopic (exact) mass is 265 g/mol. The Morgan fingerprint density at radius 3 is 1.79 bits per heavy atom. The van der Waals surface area contributed by atoms with Gasteiger partial charge in [0.25, 0.3) is 5.91 Å². The van der Waals surface area contributed by atoms with Crippen molar-refractivity contribution in [2.75, 3.05) is 0 Å². The maximum atomic E-state index is 11.8. The molecule has 0 aliphatic rings. The lowest BCUT2D eigenvalue weighted by molar-refractivity contribution is 0.0910. The van der Waals surface area contributed by atoms with Gasteiger partial charge in [0.05, 0.1) is 0 Å². The Hall–Kier alpha value is -1.31. The zero-order valence-electron chi connectivity index (χ0n) is 13.9. The summed E-state index contributed by atoms with van der Waals surface area (Å²) in [7, 11) is 0. The SMILES string of the molecule is CC.CC.CC(NC(=O)c1ccccc1)C(C)(C)C. The Kier molecular flexibility index (Phi) is 11.2. The predicted molar refractivity (Wildman–Crippen MR) is 85.5 cm³/mol. The number of benzene rings is 1. The fraction of sp³-hybridized carbons (Fsp3) is 0.588. The second-order valence-electron chi connectivity index (χ2n) is 4.93. The normalized spacial score (nSPS) is 11.2. The van der Waals surface area contributed by atoms with E-state index in [1.54, 1.807) is 0 Å². The third-order valence-corrected chi connectivity index (χ3v) is 2.68. The molecule has 1 unspecified atom stereocenters. The molecule has 0 heterocycles. The summed E-state index contributed by atoms with van der Waals surface area (Å²) in [5.74, 6) is -0.00183. The zero-order chi connectivity index (χ0) is 15.5. The number of carbonyl (C=O) groups is 1. The molecule has 2 nitrogen and oxygen atoms in total. The lowest BCUT2D eigenvalue weighted by atomic mass is 9.88. The molecule has 1 atom stereocenters. The average Bonchev–Trinajstić information content (AvgIpc) is 2.43. The van der Waals surface area contributed by atoms with E-state index >= 15 is 0 Å². The van der Waals surface area contributed by atoms with Crippen LogP contribution in [0.2, 0.25) is 0 Å². The maximum Gasteiger partial charge on any atom is 0.251 e. The van der Waals surface area contributed by atoms with Crippen molar-refractivity contribution in [2.24, 2.45) is 5.41 Å². The molecular weight excluding hydrogens is 234 g/mol. The summed E-state index contributed by atoms with van der Waals surface area (Å²) in [4.78, 5) is 11.8. The molecule has 0 saturated carbocycles. The van der Waals surface area contributed by atoms with Crippen LogP contribution < -0.4 is 5.32 Å². The summed E-state index contributed by atoms with van der Waals surface area (Å²) in [5.41, 5.74) is 0.804. The highest BCUT2D eigenvalue weighted by Crippen LogP contribution is 2.18. The van der Waals surface area contributed by atoms with Crippen LogP contribution in [-0.4, -0.2) is 11.9 Å². The van der Waals surface area contributed by atoms with Crippen LogP contribution in [0.1, 0.15) is 65.7 Å². The number of carbonyl (C=O) groups excluding carboxylic acids is 1. The highest BCUT2D eigenvalue weighted by atomic mass is 16.1. The van der Waals surface area contributed by atoms with Crippen LogP contribution in [0.25, 0.3) is 0 Å². The molecule has 0 fully saturated rings. The zero-order valence-corrected chi connectivity index (χ0v) is 13.9. The number of hydrogen-bond donors (Lipinski definition) is 1. The van der Waals surface area contributed by atoms with E-state index in [9.17, 15) is 4.79 Å². The van der Waals surface area contributed by atoms with E-state index in [2.05, 4.69) is 26.1 Å². The molecule has 1 rings (SSSR count). The first-order valence-corrected chi connectivity index (χ1v) is 7.27. The van der Waals surface area contributed by atoms with Gasteiger partial charge in [-0.3, -0.25) is 4.79 Å². The van der Waals surface area contributed by atoms with Gasteiger partial charge >= 0.3 is 0 Å². The molecule has 0 aliphatic heterocycles. The quantitative estimate of drug-likeness (QED) is 0.809. The summed E-state index contributed by atoms with van der Waals surface area (Å²) >= 11 is 0. The van der Waals surface area contributed by atoms with Gasteiger partial charge in [-0.1, -0.05) is 66.7 Å². The van der Waals surface area contributed by atoms with Crippen molar-refractivity contribution in [3.05, 3.63) is 35.9 Å². The minimum absolute atomic E-state index is 0.00183. The van der Waals surface area contributed by atoms with Crippen molar-refractivity contribution in [1.82, 2.24) is 5.32 Å². The molecule has 0 saturated heterocycles. The van der Waals surface area contributed by atoms with Gasteiger partial charge in [-0.05, 0) is 24.5 Å². The van der Waals surface area contributed by atoms with Crippen LogP contribution >= 0.6 is 0 Å². The summed E-state index contributed by atoms with van der Waals surface area (Å²) in [6.45, 7) is 16.4. The summed E-state index contributed by atoms with van der Waals surface area (Å²) in [5, 5.41) is 3.00. The standard InChI is InChI=1S/C13H19NO.2C2H6/c1-10(13(2,3)4)14-12(15)11-8-6-5-7-9-11;2*1-2/h5-10H,1-4H3,(H,14,15);2*1-2H3. The molecule has 1 aromatic rings. The van der Waals surface area contributed by atoms with Crippen LogP contribution in [0.4, 0.5) is 0 Å². The van der Waals surface area contributed by atoms with Gasteiger partial charge in [-0.25, -0.2) is 0 Å². The van der Waals surface area contributed by atoms with Gasteiger partial charge in [-0.15, -0.1) is 0 Å². The molecule has 0 aliphatic carbocycles. The van der Waals surface area contributed by atoms with E-state index in [1.807, 2.05) is 65.0 Å². The van der Waals surface area contributed by atoms with E-state index in [1.165, 1.54) is 0 Å². The first-order chi connectivity index (χ1) is 8.91. The highest BCUT2D eigenvalue weighted by molar-refractivity contribution is 5.94. The Morgan fingerprint density at radius 2 is 1.42 bits per heavy atom. The Balaban J connectivity index is 0. The van der Waals surface area contributed by atoms with Crippen LogP contribution in [0, 0.1) is 5.41 Å². The molecule has 0 radical (unpaired) electrons. The molecule has 1 N–H and O–H groups in total. The second kappa shape index (κ2) is 10.6. The first-order valence-electron chi connectivity index (χ1n) is 7.27. The molecule has 1 amide bonds. The number of nitrogens with one attached hydrogen (secondary N) is 1. The molecule has 19 heavy (non-hydrogen) atoms. The Morgan fingerprint density at radius 1 is 1.00 bits per heavy atom. The van der Waals surface area contributed by atoms with Crippen molar-refractivity contribution in [1.29, 1.82) is 0 Å². The topological polar surface area (TPSA) is 29.1 Å². The maximum absolute atomic E-state index is 11.8. The average molecular weight is 265 g/mol. The van der Waals surface area contributed by atoms with E-state index < -0.39 is 0 Å². The van der Waals surface area contributed by atoms with Crippen molar-refractivity contribution in [3.8, 4) is 0 Å². The predicted octanol–water partition coefficient (Wildman–Crippen LogP) is 4.90. The molecule has 0 bridgehead atoms. The molecule has 110 valence electrons. The van der Waals surface area contributed by atoms with Gasteiger partial charge in [0, 0.05) is 11.6 Å². The van der Waals surface area contributed by atoms with E-state index in [-0.39, 0.29) is 17.4 Å².